The monoisotopic (exact) mass is 575 g/mol. The number of nitrogens with zero attached hydrogens (tertiary/aromatic N) is 2. The van der Waals surface area contributed by atoms with Gasteiger partial charge in [0.2, 0.25) is 21.8 Å². The fourth-order valence-electron chi connectivity index (χ4n) is 4.07. The van der Waals surface area contributed by atoms with Gasteiger partial charge in [-0.1, -0.05) is 54.1 Å². The Morgan fingerprint density at radius 3 is 2.33 bits per heavy atom. The molecule has 1 unspecified atom stereocenters. The molecule has 0 aliphatic carbocycles. The highest BCUT2D eigenvalue weighted by Crippen LogP contribution is 2.25. The molecule has 0 saturated heterocycles. The maximum absolute atomic E-state index is 13.9. The quantitative estimate of drug-likeness (QED) is 0.352. The lowest BCUT2D eigenvalue weighted by Crippen LogP contribution is -2.53. The van der Waals surface area contributed by atoms with E-state index in [-0.39, 0.29) is 29.6 Å². The third kappa shape index (κ3) is 8.18. The van der Waals surface area contributed by atoms with E-state index in [0.717, 1.165) is 28.3 Å². The van der Waals surface area contributed by atoms with Gasteiger partial charge in [-0.15, -0.1) is 0 Å². The van der Waals surface area contributed by atoms with Crippen molar-refractivity contribution in [3.63, 3.8) is 0 Å². The zero-order valence-corrected chi connectivity index (χ0v) is 23.5. The minimum atomic E-state index is -3.99. The normalized spacial score (nSPS) is 11.9. The van der Waals surface area contributed by atoms with Gasteiger partial charge in [0, 0.05) is 19.5 Å². The number of rotatable bonds is 12. The van der Waals surface area contributed by atoms with Crippen LogP contribution in [0.5, 0.6) is 5.75 Å². The van der Waals surface area contributed by atoms with Gasteiger partial charge in [0.15, 0.2) is 0 Å². The number of carbonyl (C=O) groups is 2. The summed E-state index contributed by atoms with van der Waals surface area (Å²) in [6.45, 7) is 1.49. The van der Waals surface area contributed by atoms with Crippen LogP contribution in [0, 0.1) is 5.82 Å². The van der Waals surface area contributed by atoms with Gasteiger partial charge >= 0.3 is 0 Å². The first kappa shape index (κ1) is 29.9. The van der Waals surface area contributed by atoms with Crippen molar-refractivity contribution in [2.75, 3.05) is 30.8 Å². The molecule has 0 aliphatic rings. The van der Waals surface area contributed by atoms with E-state index in [1.54, 1.807) is 31.2 Å². The molecule has 0 aliphatic heterocycles. The van der Waals surface area contributed by atoms with Crippen LogP contribution in [0.3, 0.4) is 0 Å². The van der Waals surface area contributed by atoms with Crippen LogP contribution in [0.2, 0.25) is 5.02 Å². The number of halogens is 2. The molecule has 0 heterocycles. The van der Waals surface area contributed by atoms with Gasteiger partial charge in [-0.2, -0.15) is 0 Å². The van der Waals surface area contributed by atoms with Gasteiger partial charge in [0.1, 0.15) is 24.2 Å². The van der Waals surface area contributed by atoms with Crippen molar-refractivity contribution in [3.8, 4) is 5.75 Å². The first-order valence-electron chi connectivity index (χ1n) is 12.2. The summed E-state index contributed by atoms with van der Waals surface area (Å²) in [5.41, 5.74) is 1.53. The highest BCUT2D eigenvalue weighted by molar-refractivity contribution is 7.92. The number of methoxy groups -OCH3 is 1. The second-order valence-corrected chi connectivity index (χ2v) is 11.2. The summed E-state index contributed by atoms with van der Waals surface area (Å²) in [5, 5.41) is 2.50. The Morgan fingerprint density at radius 1 is 1.03 bits per heavy atom. The number of carbonyl (C=O) groups excluding carboxylic acids is 2. The SMILES string of the molecule is CCNC(=O)C(Cc1ccccc1)N(Cc1cccc(OC)c1)C(=O)CN(c1ccc(F)c(Cl)c1)S(C)(=O)=O. The number of nitrogens with one attached hydrogen (secondary N) is 1. The fraction of sp³-hybridized carbons (Fsp3) is 0.286. The van der Waals surface area contributed by atoms with Crippen molar-refractivity contribution in [1.29, 1.82) is 0 Å². The molecule has 0 bridgehead atoms. The zero-order valence-electron chi connectivity index (χ0n) is 21.9. The summed E-state index contributed by atoms with van der Waals surface area (Å²) in [4.78, 5) is 28.6. The van der Waals surface area contributed by atoms with Crippen molar-refractivity contribution in [2.45, 2.75) is 25.9 Å². The zero-order chi connectivity index (χ0) is 28.6. The standard InChI is InChI=1S/C28H31ClFN3O5S/c1-4-31-28(35)26(16-20-9-6-5-7-10-20)32(18-21-11-8-12-23(15-21)38-2)27(34)19-33(39(3,36)37)22-13-14-25(30)24(29)17-22/h5-15,17,26H,4,16,18-19H2,1-3H3,(H,31,35). The molecule has 0 saturated carbocycles. The Balaban J connectivity index is 2.06. The Kier molecular flexibility index (Phi) is 10.3. The molecule has 2 amide bonds. The highest BCUT2D eigenvalue weighted by Gasteiger charge is 2.33. The number of amides is 2. The molecule has 0 radical (unpaired) electrons. The molecular formula is C28H31ClFN3O5S. The van der Waals surface area contributed by atoms with E-state index in [1.807, 2.05) is 30.3 Å². The van der Waals surface area contributed by atoms with E-state index in [2.05, 4.69) is 5.32 Å². The van der Waals surface area contributed by atoms with Gasteiger partial charge in [-0.25, -0.2) is 12.8 Å². The maximum Gasteiger partial charge on any atom is 0.244 e. The molecule has 1 N–H and O–H groups in total. The summed E-state index contributed by atoms with van der Waals surface area (Å²) in [6, 6.07) is 18.7. The summed E-state index contributed by atoms with van der Waals surface area (Å²) in [7, 11) is -2.47. The van der Waals surface area contributed by atoms with E-state index >= 15 is 0 Å². The molecule has 0 aromatic heterocycles. The number of sulfonamides is 1. The minimum Gasteiger partial charge on any atom is -0.497 e. The predicted molar refractivity (Wildman–Crippen MR) is 150 cm³/mol. The van der Waals surface area contributed by atoms with Crippen LogP contribution in [-0.2, 0) is 32.6 Å². The largest absolute Gasteiger partial charge is 0.497 e. The molecule has 11 heteroatoms. The summed E-state index contributed by atoms with van der Waals surface area (Å²) in [5.74, 6) is -1.17. The molecule has 3 rings (SSSR count). The number of anilines is 1. The average Bonchev–Trinajstić information content (AvgIpc) is 2.91. The third-order valence-corrected chi connectivity index (χ3v) is 7.41. The van der Waals surface area contributed by atoms with Crippen LogP contribution < -0.4 is 14.4 Å². The van der Waals surface area contributed by atoms with Crippen molar-refractivity contribution >= 4 is 39.1 Å². The first-order valence-corrected chi connectivity index (χ1v) is 14.4. The average molecular weight is 576 g/mol. The Bertz CT molecular complexity index is 1410. The van der Waals surface area contributed by atoms with Crippen molar-refractivity contribution in [1.82, 2.24) is 10.2 Å². The van der Waals surface area contributed by atoms with Crippen LogP contribution in [0.25, 0.3) is 0 Å². The lowest BCUT2D eigenvalue weighted by atomic mass is 10.0. The number of likely N-dealkylation sites (N-methyl/N-ethyl adjacent to an activating group) is 1. The van der Waals surface area contributed by atoms with E-state index in [9.17, 15) is 22.4 Å². The lowest BCUT2D eigenvalue weighted by Gasteiger charge is -2.33. The summed E-state index contributed by atoms with van der Waals surface area (Å²) in [6.07, 6.45) is 1.14. The molecule has 1 atom stereocenters. The van der Waals surface area contributed by atoms with Gasteiger partial charge in [0.05, 0.1) is 24.1 Å². The van der Waals surface area contributed by atoms with Crippen LogP contribution in [0.4, 0.5) is 10.1 Å². The Morgan fingerprint density at radius 2 is 1.72 bits per heavy atom. The van der Waals surface area contributed by atoms with E-state index in [4.69, 9.17) is 16.3 Å². The number of ether oxygens (including phenoxy) is 1. The van der Waals surface area contributed by atoms with Crippen molar-refractivity contribution in [2.24, 2.45) is 0 Å². The lowest BCUT2D eigenvalue weighted by molar-refractivity contribution is -0.140. The number of hydrogen-bond donors (Lipinski definition) is 1. The minimum absolute atomic E-state index is 0.00639. The van der Waals surface area contributed by atoms with Gasteiger partial charge in [-0.3, -0.25) is 13.9 Å². The number of hydrogen-bond acceptors (Lipinski definition) is 5. The summed E-state index contributed by atoms with van der Waals surface area (Å²) < 4.78 is 45.5. The molecular weight excluding hydrogens is 545 g/mol. The smallest absolute Gasteiger partial charge is 0.244 e. The van der Waals surface area contributed by atoms with Crippen LogP contribution in [0.15, 0.2) is 72.8 Å². The van der Waals surface area contributed by atoms with Crippen molar-refractivity contribution in [3.05, 3.63) is 94.8 Å². The topological polar surface area (TPSA) is 96.0 Å². The van der Waals surface area contributed by atoms with Crippen LogP contribution in [-0.4, -0.2) is 57.6 Å². The highest BCUT2D eigenvalue weighted by atomic mass is 35.5. The Labute approximate surface area is 233 Å². The molecule has 3 aromatic carbocycles. The number of benzene rings is 3. The molecule has 39 heavy (non-hydrogen) atoms. The fourth-order valence-corrected chi connectivity index (χ4v) is 5.08. The summed E-state index contributed by atoms with van der Waals surface area (Å²) >= 11 is 5.90. The maximum atomic E-state index is 13.9. The third-order valence-electron chi connectivity index (χ3n) is 5.98. The molecule has 0 spiro atoms. The van der Waals surface area contributed by atoms with Crippen LogP contribution >= 0.6 is 11.6 Å². The van der Waals surface area contributed by atoms with E-state index in [1.165, 1.54) is 18.1 Å². The van der Waals surface area contributed by atoms with Gasteiger partial charge in [-0.05, 0) is 48.4 Å². The van der Waals surface area contributed by atoms with Crippen molar-refractivity contribution < 1.29 is 27.1 Å². The first-order chi connectivity index (χ1) is 18.5. The van der Waals surface area contributed by atoms with E-state index in [0.29, 0.717) is 17.9 Å². The van der Waals surface area contributed by atoms with Gasteiger partial charge < -0.3 is 15.0 Å². The van der Waals surface area contributed by atoms with E-state index < -0.39 is 34.3 Å². The predicted octanol–water partition coefficient (Wildman–Crippen LogP) is 4.03. The Hall–Kier alpha value is -3.63. The molecule has 208 valence electrons. The molecule has 3 aromatic rings. The second kappa shape index (κ2) is 13.4. The van der Waals surface area contributed by atoms with Crippen LogP contribution in [0.1, 0.15) is 18.1 Å². The second-order valence-electron chi connectivity index (χ2n) is 8.84. The molecule has 0 fully saturated rings. The van der Waals surface area contributed by atoms with Gasteiger partial charge in [0.25, 0.3) is 0 Å². The molecule has 8 nitrogen and oxygen atoms in total.